The van der Waals surface area contributed by atoms with E-state index >= 15 is 4.39 Å². The molecule has 0 aliphatic carbocycles. The molecule has 13 nitrogen and oxygen atoms in total. The van der Waals surface area contributed by atoms with Gasteiger partial charge in [0.05, 0.1) is 48.1 Å². The lowest BCUT2D eigenvalue weighted by atomic mass is 10.1. The molecule has 2 aromatic carbocycles. The van der Waals surface area contributed by atoms with Crippen LogP contribution < -0.4 is 15.0 Å². The molecular weight excluding hydrogens is 658 g/mol. The fourth-order valence-corrected chi connectivity index (χ4v) is 7.74. The smallest absolute Gasteiger partial charge is 0.245 e. The van der Waals surface area contributed by atoms with Crippen LogP contribution in [-0.2, 0) is 16.1 Å². The van der Waals surface area contributed by atoms with Crippen LogP contribution in [0.15, 0.2) is 61.1 Å². The van der Waals surface area contributed by atoms with E-state index in [9.17, 15) is 9.18 Å². The second-order valence-electron chi connectivity index (χ2n) is 13.2. The third kappa shape index (κ3) is 5.39. The first-order valence-electron chi connectivity index (χ1n) is 16.9. The van der Waals surface area contributed by atoms with Gasteiger partial charge in [0.2, 0.25) is 5.91 Å². The molecule has 2 fully saturated rings. The number of halogens is 2. The van der Waals surface area contributed by atoms with Crippen LogP contribution in [0.1, 0.15) is 18.7 Å². The molecule has 6 bridgehead atoms. The van der Waals surface area contributed by atoms with Crippen molar-refractivity contribution in [3.63, 3.8) is 0 Å². The van der Waals surface area contributed by atoms with E-state index in [1.54, 1.807) is 16.9 Å². The Labute approximate surface area is 290 Å². The number of carbonyl (C=O) groups excluding carboxylic acids is 1. The minimum atomic E-state index is -0.565. The van der Waals surface area contributed by atoms with Crippen LogP contribution in [0.2, 0.25) is 0 Å². The van der Waals surface area contributed by atoms with Gasteiger partial charge >= 0.3 is 0 Å². The number of hydrogen-bond acceptors (Lipinski definition) is 10. The van der Waals surface area contributed by atoms with Gasteiger partial charge < -0.3 is 29.2 Å². The van der Waals surface area contributed by atoms with Crippen molar-refractivity contribution in [3.05, 3.63) is 78.5 Å². The van der Waals surface area contributed by atoms with Crippen molar-refractivity contribution < 1.29 is 23.0 Å². The molecule has 7 heterocycles. The Morgan fingerprint density at radius 2 is 1.92 bits per heavy atom. The third-order valence-electron chi connectivity index (χ3n) is 10.00. The number of fused-ring (bicyclic) bond motifs is 8. The molecule has 51 heavy (non-hydrogen) atoms. The van der Waals surface area contributed by atoms with Crippen molar-refractivity contribution >= 4 is 39.6 Å². The molecule has 0 saturated carbocycles. The highest BCUT2D eigenvalue weighted by molar-refractivity contribution is 5.94. The molecule has 1 amide bonds. The summed E-state index contributed by atoms with van der Waals surface area (Å²) in [5.74, 6) is 1.32. The average molecular weight is 693 g/mol. The fourth-order valence-electron chi connectivity index (χ4n) is 7.74. The number of carbonyl (C=O) groups is 1. The van der Waals surface area contributed by atoms with E-state index in [0.29, 0.717) is 96.5 Å². The summed E-state index contributed by atoms with van der Waals surface area (Å²) in [6.45, 7) is 4.19. The molecule has 2 saturated heterocycles. The van der Waals surface area contributed by atoms with Gasteiger partial charge in [0.25, 0.3) is 0 Å². The molecule has 6 aromatic rings. The summed E-state index contributed by atoms with van der Waals surface area (Å²) in [6.07, 6.45) is 3.95. The van der Waals surface area contributed by atoms with Crippen molar-refractivity contribution in [2.24, 2.45) is 0 Å². The highest BCUT2D eigenvalue weighted by Crippen LogP contribution is 2.36. The highest BCUT2D eigenvalue weighted by Gasteiger charge is 2.42. The fraction of sp³-hybridized carbons (Fsp3) is 0.333. The van der Waals surface area contributed by atoms with Crippen molar-refractivity contribution in [1.29, 1.82) is 0 Å². The van der Waals surface area contributed by atoms with Gasteiger partial charge in [-0.05, 0) is 50.1 Å². The van der Waals surface area contributed by atoms with Gasteiger partial charge in [0.15, 0.2) is 5.65 Å². The number of hydrogen-bond donors (Lipinski definition) is 1. The van der Waals surface area contributed by atoms with Crippen LogP contribution in [0.4, 0.5) is 20.4 Å². The molecule has 0 spiro atoms. The quantitative estimate of drug-likeness (QED) is 0.283. The summed E-state index contributed by atoms with van der Waals surface area (Å²) >= 11 is 0. The Kier molecular flexibility index (Phi) is 7.52. The van der Waals surface area contributed by atoms with Gasteiger partial charge in [0, 0.05) is 50.0 Å². The number of nitrogens with one attached hydrogen (secondary N) is 1. The first-order valence-corrected chi connectivity index (χ1v) is 16.9. The first-order chi connectivity index (χ1) is 24.8. The summed E-state index contributed by atoms with van der Waals surface area (Å²) in [7, 11) is 1.47. The minimum absolute atomic E-state index is 0.0271. The Morgan fingerprint density at radius 1 is 1.02 bits per heavy atom. The Bertz CT molecular complexity index is 2330. The van der Waals surface area contributed by atoms with Crippen molar-refractivity contribution in [2.45, 2.75) is 44.5 Å². The first kappa shape index (κ1) is 31.3. The maximum atomic E-state index is 15.0. The highest BCUT2D eigenvalue weighted by atomic mass is 19.1. The molecule has 260 valence electrons. The molecule has 3 atom stereocenters. The van der Waals surface area contributed by atoms with Crippen LogP contribution in [0.3, 0.4) is 0 Å². The van der Waals surface area contributed by atoms with Gasteiger partial charge in [-0.1, -0.05) is 6.07 Å². The number of ether oxygens (including phenoxy) is 2. The molecular formula is C36H34F2N10O3. The zero-order chi connectivity index (χ0) is 34.8. The number of pyridine rings is 1. The van der Waals surface area contributed by atoms with E-state index in [1.807, 2.05) is 39.5 Å². The lowest BCUT2D eigenvalue weighted by Crippen LogP contribution is -2.48. The molecule has 0 unspecified atom stereocenters. The van der Waals surface area contributed by atoms with Crippen LogP contribution in [-0.4, -0.2) is 96.6 Å². The molecule has 4 aromatic heterocycles. The Hall–Kier alpha value is -5.70. The number of methoxy groups -OCH3 is 1. The zero-order valence-electron chi connectivity index (χ0n) is 28.0. The largest absolute Gasteiger partial charge is 0.494 e. The maximum absolute atomic E-state index is 15.0. The number of nitrogens with zero attached hydrogens (tertiary/aromatic N) is 9. The van der Waals surface area contributed by atoms with E-state index < -0.39 is 17.7 Å². The average Bonchev–Trinajstić information content (AvgIpc) is 3.77. The lowest BCUT2D eigenvalue weighted by molar-refractivity contribution is -0.133. The zero-order valence-corrected chi connectivity index (χ0v) is 28.0. The Balaban J connectivity index is 1.15. The normalized spacial score (nSPS) is 20.6. The Morgan fingerprint density at radius 3 is 2.80 bits per heavy atom. The van der Waals surface area contributed by atoms with Crippen molar-refractivity contribution in [3.8, 4) is 22.7 Å². The molecule has 0 radical (unpaired) electrons. The topological polar surface area (TPSA) is 128 Å². The van der Waals surface area contributed by atoms with E-state index in [4.69, 9.17) is 24.4 Å². The van der Waals surface area contributed by atoms with Crippen molar-refractivity contribution in [1.82, 2.24) is 39.2 Å². The number of aromatic nitrogens is 7. The van der Waals surface area contributed by atoms with Gasteiger partial charge in [-0.2, -0.15) is 5.10 Å². The van der Waals surface area contributed by atoms with E-state index in [0.717, 1.165) is 11.3 Å². The summed E-state index contributed by atoms with van der Waals surface area (Å²) in [6, 6.07) is 12.0. The monoisotopic (exact) mass is 692 g/mol. The van der Waals surface area contributed by atoms with Crippen LogP contribution in [0, 0.1) is 18.6 Å². The third-order valence-corrected chi connectivity index (χ3v) is 10.00. The van der Waals surface area contributed by atoms with Gasteiger partial charge in [-0.15, -0.1) is 0 Å². The molecule has 3 aliphatic rings. The predicted molar refractivity (Wildman–Crippen MR) is 185 cm³/mol. The summed E-state index contributed by atoms with van der Waals surface area (Å²) in [5, 5.41) is 8.79. The second kappa shape index (κ2) is 12.3. The summed E-state index contributed by atoms with van der Waals surface area (Å²) in [4.78, 5) is 37.5. The van der Waals surface area contributed by atoms with E-state index in [-0.39, 0.29) is 18.1 Å². The SMILES string of the molecule is COc1cc(F)ccc1-n1ncc2c(N3C[C@@H]4C[C@H]3C(=O)N3CCCO[C@@H](C3)Cn3c(C)nc5cc(F)cc(c53)-c3cccc(n3)N4)ncnc21. The van der Waals surface area contributed by atoms with Crippen LogP contribution in [0.5, 0.6) is 5.75 Å². The van der Waals surface area contributed by atoms with Gasteiger partial charge in [0.1, 0.15) is 52.9 Å². The van der Waals surface area contributed by atoms with E-state index in [1.165, 1.54) is 37.7 Å². The minimum Gasteiger partial charge on any atom is -0.494 e. The predicted octanol–water partition coefficient (Wildman–Crippen LogP) is 4.51. The molecule has 15 heteroatoms. The second-order valence-corrected chi connectivity index (χ2v) is 13.2. The number of aryl methyl sites for hydroxylation is 1. The van der Waals surface area contributed by atoms with Crippen molar-refractivity contribution in [2.75, 3.05) is 43.6 Å². The lowest BCUT2D eigenvalue weighted by Gasteiger charge is -2.31. The number of anilines is 2. The number of rotatable bonds is 3. The van der Waals surface area contributed by atoms with Crippen LogP contribution in [0.25, 0.3) is 39.0 Å². The molecule has 3 aliphatic heterocycles. The maximum Gasteiger partial charge on any atom is 0.245 e. The van der Waals surface area contributed by atoms with E-state index in [2.05, 4.69) is 15.4 Å². The van der Waals surface area contributed by atoms with Gasteiger partial charge in [-0.3, -0.25) is 4.79 Å². The molecule has 1 N–H and O–H groups in total. The summed E-state index contributed by atoms with van der Waals surface area (Å²) < 4.78 is 44.5. The van der Waals surface area contributed by atoms with Gasteiger partial charge in [-0.25, -0.2) is 33.4 Å². The standard InChI is InChI=1S/C36H34F2N10O3/c1-20-42-28-12-22(38)11-25-27-5-3-6-32(44-27)43-23-14-30(36(49)45-9-4-10-51-24(17-45)18-46(20)33(25)28)47(16-23)34-26-15-41-48(35(26)40-19-39-34)29-8-7-21(37)13-31(29)50-2/h3,5-8,11-13,15,19,23-24,30H,4,9-10,14,16-18H2,1-2H3,(H,43,44)/t23-,24-,30-/m0/s1. The molecule has 9 rings (SSSR count). The van der Waals surface area contributed by atoms with Crippen LogP contribution >= 0.6 is 0 Å². The number of amides is 1. The number of imidazole rings is 1. The summed E-state index contributed by atoms with van der Waals surface area (Å²) in [5.41, 5.74) is 3.56. The number of benzene rings is 2.